The van der Waals surface area contributed by atoms with E-state index in [1.54, 1.807) is 45.0 Å². The van der Waals surface area contributed by atoms with Crippen LogP contribution >= 0.6 is 0 Å². The van der Waals surface area contributed by atoms with E-state index in [4.69, 9.17) is 4.74 Å². The third-order valence-electron chi connectivity index (χ3n) is 1.94. The maximum atomic E-state index is 11.6. The van der Waals surface area contributed by atoms with Crippen molar-refractivity contribution in [2.75, 3.05) is 5.32 Å². The van der Waals surface area contributed by atoms with Gasteiger partial charge < -0.3 is 9.53 Å². The smallest absolute Gasteiger partial charge is 0.412 e. The van der Waals surface area contributed by atoms with Gasteiger partial charge in [-0.1, -0.05) is 18.2 Å². The second-order valence-electron chi connectivity index (χ2n) is 4.73. The lowest BCUT2D eigenvalue weighted by Crippen LogP contribution is -2.27. The minimum Gasteiger partial charge on any atom is -0.444 e. The van der Waals surface area contributed by atoms with Gasteiger partial charge in [-0.25, -0.2) is 4.79 Å². The van der Waals surface area contributed by atoms with Crippen molar-refractivity contribution in [2.24, 2.45) is 0 Å². The van der Waals surface area contributed by atoms with Crippen molar-refractivity contribution in [3.63, 3.8) is 0 Å². The number of rotatable bonds is 2. The number of hydrogen-bond acceptors (Lipinski definition) is 3. The Bertz CT molecular complexity index is 438. The molecule has 1 N–H and O–H groups in total. The molecule has 4 nitrogen and oxygen atoms in total. The SMILES string of the molecule is BC(=O)c1ccccc1NC(=O)OC(C)(C)C. The molecule has 1 rings (SSSR count). The lowest BCUT2D eigenvalue weighted by Gasteiger charge is -2.20. The molecule has 0 bridgehead atoms. The zero-order valence-electron chi connectivity index (χ0n) is 10.5. The quantitative estimate of drug-likeness (QED) is 0.792. The van der Waals surface area contributed by atoms with E-state index in [1.807, 2.05) is 0 Å². The number of anilines is 1. The highest BCUT2D eigenvalue weighted by molar-refractivity contribution is 6.63. The number of amides is 1. The molecule has 0 radical (unpaired) electrons. The minimum absolute atomic E-state index is 0.100. The van der Waals surface area contributed by atoms with Gasteiger partial charge in [0.25, 0.3) is 0 Å². The van der Waals surface area contributed by atoms with E-state index < -0.39 is 11.7 Å². The summed E-state index contributed by atoms with van der Waals surface area (Å²) >= 11 is 0. The summed E-state index contributed by atoms with van der Waals surface area (Å²) in [7, 11) is 1.45. The lowest BCUT2D eigenvalue weighted by atomic mass is 9.93. The van der Waals surface area contributed by atoms with E-state index in [2.05, 4.69) is 5.32 Å². The minimum atomic E-state index is -0.564. The van der Waals surface area contributed by atoms with Gasteiger partial charge in [0.1, 0.15) is 11.3 Å². The summed E-state index contributed by atoms with van der Waals surface area (Å²) in [6, 6.07) is 6.83. The zero-order chi connectivity index (χ0) is 13.1. The van der Waals surface area contributed by atoms with Crippen molar-refractivity contribution in [1.29, 1.82) is 0 Å². The van der Waals surface area contributed by atoms with Crippen LogP contribution in [-0.4, -0.2) is 25.2 Å². The third-order valence-corrected chi connectivity index (χ3v) is 1.94. The second-order valence-corrected chi connectivity index (χ2v) is 4.73. The van der Waals surface area contributed by atoms with Gasteiger partial charge in [-0.2, -0.15) is 0 Å². The van der Waals surface area contributed by atoms with Crippen LogP contribution in [0.15, 0.2) is 24.3 Å². The van der Waals surface area contributed by atoms with Gasteiger partial charge in [0.05, 0.1) is 5.69 Å². The molecule has 5 heteroatoms. The van der Waals surface area contributed by atoms with Crippen LogP contribution in [0.5, 0.6) is 0 Å². The van der Waals surface area contributed by atoms with Gasteiger partial charge >= 0.3 is 6.09 Å². The Morgan fingerprint density at radius 2 is 1.82 bits per heavy atom. The van der Waals surface area contributed by atoms with Crippen LogP contribution < -0.4 is 5.32 Å². The van der Waals surface area contributed by atoms with E-state index in [9.17, 15) is 9.59 Å². The second kappa shape index (κ2) is 5.04. The van der Waals surface area contributed by atoms with Crippen LogP contribution in [-0.2, 0) is 4.74 Å². The van der Waals surface area contributed by atoms with Crippen LogP contribution in [0.4, 0.5) is 10.5 Å². The van der Waals surface area contributed by atoms with Gasteiger partial charge in [0, 0.05) is 5.56 Å². The monoisotopic (exact) mass is 233 g/mol. The molecule has 1 aromatic rings. The molecule has 1 amide bonds. The molecule has 17 heavy (non-hydrogen) atoms. The number of carbonyl (C=O) groups excluding carboxylic acids is 2. The van der Waals surface area contributed by atoms with Crippen LogP contribution in [0.2, 0.25) is 0 Å². The van der Waals surface area contributed by atoms with Crippen molar-refractivity contribution in [3.05, 3.63) is 29.8 Å². The summed E-state index contributed by atoms with van der Waals surface area (Å²) < 4.78 is 5.12. The average molecular weight is 233 g/mol. The summed E-state index contributed by atoms with van der Waals surface area (Å²) in [5, 5.41) is 2.57. The number of para-hydroxylation sites is 1. The number of nitrogens with one attached hydrogen (secondary N) is 1. The molecule has 0 aliphatic rings. The highest BCUT2D eigenvalue weighted by Gasteiger charge is 2.17. The molecular formula is C12H16BNO3. The summed E-state index contributed by atoms with van der Waals surface area (Å²) in [4.78, 5) is 22.9. The van der Waals surface area contributed by atoms with Crippen molar-refractivity contribution in [2.45, 2.75) is 26.4 Å². The molecule has 0 unspecified atom stereocenters. The van der Waals surface area contributed by atoms with Gasteiger partial charge in [-0.15, -0.1) is 0 Å². The molecule has 0 aliphatic carbocycles. The van der Waals surface area contributed by atoms with E-state index in [-0.39, 0.29) is 5.68 Å². The van der Waals surface area contributed by atoms with Gasteiger partial charge in [-0.3, -0.25) is 5.32 Å². The Morgan fingerprint density at radius 1 is 1.24 bits per heavy atom. The number of ether oxygens (including phenoxy) is 1. The molecule has 0 fully saturated rings. The first kappa shape index (κ1) is 13.3. The molecule has 0 saturated heterocycles. The molecular weight excluding hydrogens is 217 g/mol. The highest BCUT2D eigenvalue weighted by atomic mass is 16.6. The Hall–Kier alpha value is -1.78. The summed E-state index contributed by atoms with van der Waals surface area (Å²) in [6.45, 7) is 5.34. The first-order valence-corrected chi connectivity index (χ1v) is 5.39. The molecule has 0 saturated carbocycles. The Kier molecular flexibility index (Phi) is 3.94. The zero-order valence-corrected chi connectivity index (χ0v) is 10.5. The van der Waals surface area contributed by atoms with Crippen molar-refractivity contribution in [1.82, 2.24) is 0 Å². The Morgan fingerprint density at radius 3 is 2.35 bits per heavy atom. The molecule has 0 aliphatic heterocycles. The molecule has 1 aromatic carbocycles. The van der Waals surface area contributed by atoms with Crippen LogP contribution in [0.25, 0.3) is 0 Å². The summed E-state index contributed by atoms with van der Waals surface area (Å²) in [6.07, 6.45) is -0.564. The molecule has 90 valence electrons. The van der Waals surface area contributed by atoms with Gasteiger partial charge in [-0.05, 0) is 26.8 Å². The van der Waals surface area contributed by atoms with Crippen molar-refractivity contribution in [3.8, 4) is 0 Å². The fraction of sp³-hybridized carbons (Fsp3) is 0.333. The van der Waals surface area contributed by atoms with Crippen LogP contribution in [0.3, 0.4) is 0 Å². The first-order chi connectivity index (χ1) is 7.79. The van der Waals surface area contributed by atoms with Crippen molar-refractivity contribution >= 4 is 25.3 Å². The number of hydrogen-bond donors (Lipinski definition) is 1. The highest BCUT2D eigenvalue weighted by Crippen LogP contribution is 2.16. The van der Waals surface area contributed by atoms with E-state index in [0.717, 1.165) is 0 Å². The normalized spacial score (nSPS) is 10.8. The molecule has 0 atom stereocenters. The predicted octanol–water partition coefficient (Wildman–Crippen LogP) is 1.81. The predicted molar refractivity (Wildman–Crippen MR) is 69.2 cm³/mol. The standard InChI is InChI=1S/C12H16BNO3/c1-12(2,3)17-11(16)14-9-7-5-4-6-8(9)10(13)15/h4-7H,13H2,1-3H3,(H,14,16). The average Bonchev–Trinajstić information content (AvgIpc) is 2.14. The van der Waals surface area contributed by atoms with Gasteiger partial charge in [0.15, 0.2) is 7.85 Å². The fourth-order valence-corrected chi connectivity index (χ4v) is 1.31. The summed E-state index contributed by atoms with van der Waals surface area (Å²) in [5.41, 5.74) is 0.277. The van der Waals surface area contributed by atoms with E-state index in [0.29, 0.717) is 11.3 Å². The summed E-state index contributed by atoms with van der Waals surface area (Å²) in [5.74, 6) is 0. The molecule has 0 spiro atoms. The Balaban J connectivity index is 2.82. The van der Waals surface area contributed by atoms with E-state index >= 15 is 0 Å². The van der Waals surface area contributed by atoms with Crippen LogP contribution in [0, 0.1) is 0 Å². The Labute approximate surface area is 102 Å². The molecule has 0 aromatic heterocycles. The van der Waals surface area contributed by atoms with Crippen LogP contribution in [0.1, 0.15) is 31.1 Å². The lowest BCUT2D eigenvalue weighted by molar-refractivity contribution is 0.0636. The number of carbonyl (C=O) groups is 2. The fourth-order valence-electron chi connectivity index (χ4n) is 1.31. The first-order valence-electron chi connectivity index (χ1n) is 5.39. The third kappa shape index (κ3) is 4.30. The van der Waals surface area contributed by atoms with Crippen molar-refractivity contribution < 1.29 is 14.3 Å². The maximum Gasteiger partial charge on any atom is 0.412 e. The molecule has 0 heterocycles. The van der Waals surface area contributed by atoms with Gasteiger partial charge in [0.2, 0.25) is 0 Å². The topological polar surface area (TPSA) is 55.4 Å². The number of benzene rings is 1. The van der Waals surface area contributed by atoms with E-state index in [1.165, 1.54) is 7.85 Å². The largest absolute Gasteiger partial charge is 0.444 e. The maximum absolute atomic E-state index is 11.6.